The van der Waals surface area contributed by atoms with Crippen LogP contribution in [0.4, 0.5) is 11.4 Å². The zero-order valence-electron chi connectivity index (χ0n) is 18.4. The van der Waals surface area contributed by atoms with E-state index in [0.29, 0.717) is 14.5 Å². The van der Waals surface area contributed by atoms with Crippen molar-refractivity contribution < 1.29 is 10.0 Å². The molecule has 1 aromatic heterocycles. The standard InChI is InChI=1S/C26H19N3O3S2/c1-15-12-16(2)23-20(13-15)21(24(27-23)17-6-4-3-5-7-17)14-22-25(30)28(26(33)34-22)18-8-10-19(11-9-18)29(31)32/h3-14,30H,1-2H3. The fourth-order valence-electron chi connectivity index (χ4n) is 4.13. The van der Waals surface area contributed by atoms with Gasteiger partial charge in [0.1, 0.15) is 0 Å². The zero-order chi connectivity index (χ0) is 24.0. The van der Waals surface area contributed by atoms with Gasteiger partial charge in [0.25, 0.3) is 5.69 Å². The third-order valence-corrected chi connectivity index (χ3v) is 6.98. The summed E-state index contributed by atoms with van der Waals surface area (Å²) in [4.78, 5) is 16.1. The fourth-order valence-corrected chi connectivity index (χ4v) is 5.43. The van der Waals surface area contributed by atoms with E-state index in [2.05, 4.69) is 19.1 Å². The van der Waals surface area contributed by atoms with Crippen LogP contribution in [0.2, 0.25) is 0 Å². The summed E-state index contributed by atoms with van der Waals surface area (Å²) >= 11 is 6.81. The van der Waals surface area contributed by atoms with Gasteiger partial charge in [-0.3, -0.25) is 14.7 Å². The van der Waals surface area contributed by atoms with E-state index in [1.54, 1.807) is 12.1 Å². The quantitative estimate of drug-likeness (QED) is 0.189. The second-order valence-electron chi connectivity index (χ2n) is 8.03. The number of benzene rings is 3. The number of hydrogen-bond donors (Lipinski definition) is 1. The summed E-state index contributed by atoms with van der Waals surface area (Å²) in [6, 6.07) is 20.1. The molecule has 8 heteroatoms. The molecule has 168 valence electrons. The molecule has 1 aliphatic heterocycles. The van der Waals surface area contributed by atoms with Crippen LogP contribution in [0.25, 0.3) is 17.3 Å². The Labute approximate surface area is 205 Å². The third-order valence-electron chi connectivity index (χ3n) is 5.67. The van der Waals surface area contributed by atoms with Crippen molar-refractivity contribution in [2.45, 2.75) is 13.8 Å². The first-order valence-electron chi connectivity index (χ1n) is 10.5. The number of nitro benzene ring substituents is 1. The minimum atomic E-state index is -0.460. The van der Waals surface area contributed by atoms with Gasteiger partial charge in [0.05, 0.1) is 26.9 Å². The normalized spacial score (nSPS) is 13.7. The first-order valence-corrected chi connectivity index (χ1v) is 11.7. The fraction of sp³-hybridized carbons (Fsp3) is 0.0769. The molecule has 0 saturated heterocycles. The highest BCUT2D eigenvalue weighted by Crippen LogP contribution is 2.43. The molecule has 0 unspecified atom stereocenters. The van der Waals surface area contributed by atoms with Crippen molar-refractivity contribution >= 4 is 52.3 Å². The predicted octanol–water partition coefficient (Wildman–Crippen LogP) is 7.17. The highest BCUT2D eigenvalue weighted by Gasteiger charge is 2.25. The molecule has 0 bridgehead atoms. The van der Waals surface area contributed by atoms with Crippen molar-refractivity contribution in [3.8, 4) is 11.6 Å². The Morgan fingerprint density at radius 1 is 1.09 bits per heavy atom. The van der Waals surface area contributed by atoms with Gasteiger partial charge in [-0.2, -0.15) is 0 Å². The molecule has 1 N–H and O–H groups in total. The smallest absolute Gasteiger partial charge is 0.269 e. The molecule has 5 rings (SSSR count). The van der Waals surface area contributed by atoms with Crippen LogP contribution < -0.4 is 0 Å². The zero-order valence-corrected chi connectivity index (χ0v) is 20.0. The Morgan fingerprint density at radius 3 is 2.47 bits per heavy atom. The Kier molecular flexibility index (Phi) is 5.47. The average molecular weight is 486 g/mol. The number of nitro groups is 1. The second-order valence-corrected chi connectivity index (χ2v) is 9.70. The number of non-ortho nitro benzene ring substituents is 1. The van der Waals surface area contributed by atoms with Crippen molar-refractivity contribution in [1.82, 2.24) is 4.57 Å². The minimum Gasteiger partial charge on any atom is -0.493 e. The summed E-state index contributed by atoms with van der Waals surface area (Å²) in [5.41, 5.74) is 7.43. The second kappa shape index (κ2) is 8.48. The Hall–Kier alpha value is -3.88. The molecule has 1 aliphatic rings. The van der Waals surface area contributed by atoms with Crippen molar-refractivity contribution in [3.05, 3.63) is 108 Å². The van der Waals surface area contributed by atoms with E-state index in [-0.39, 0.29) is 11.6 Å². The monoisotopic (exact) mass is 485 g/mol. The summed E-state index contributed by atoms with van der Waals surface area (Å²) < 4.78 is 1.96. The molecule has 0 amide bonds. The molecular formula is C26H19N3O3S2. The van der Waals surface area contributed by atoms with E-state index in [4.69, 9.17) is 17.2 Å². The number of aromatic hydroxyl groups is 1. The highest BCUT2D eigenvalue weighted by molar-refractivity contribution is 7.73. The first-order chi connectivity index (χ1) is 16.3. The number of fused-ring (bicyclic) bond motifs is 1. The van der Waals surface area contributed by atoms with Gasteiger partial charge < -0.3 is 5.11 Å². The van der Waals surface area contributed by atoms with Crippen molar-refractivity contribution in [2.24, 2.45) is 4.99 Å². The van der Waals surface area contributed by atoms with Crippen LogP contribution in [0.3, 0.4) is 0 Å². The summed E-state index contributed by atoms with van der Waals surface area (Å²) in [5, 5.41) is 22.1. The van der Waals surface area contributed by atoms with Crippen molar-refractivity contribution in [2.75, 3.05) is 0 Å². The van der Waals surface area contributed by atoms with Gasteiger partial charge in [-0.05, 0) is 55.9 Å². The van der Waals surface area contributed by atoms with Crippen LogP contribution in [0, 0.1) is 27.9 Å². The van der Waals surface area contributed by atoms with Crippen LogP contribution in [0.1, 0.15) is 27.1 Å². The molecule has 3 aromatic carbocycles. The van der Waals surface area contributed by atoms with Gasteiger partial charge in [-0.1, -0.05) is 42.0 Å². The SMILES string of the molecule is Cc1cc(C)c2c(c1)C(=Cc1sc(=S)n(-c3ccc([N+](=O)[O-])cc3)c1O)C(c1ccccc1)=N2. The third kappa shape index (κ3) is 3.76. The van der Waals surface area contributed by atoms with Gasteiger partial charge in [0.2, 0.25) is 5.88 Å². The van der Waals surface area contributed by atoms with Crippen LogP contribution in [0.5, 0.6) is 5.88 Å². The number of aryl methyl sites for hydroxylation is 2. The van der Waals surface area contributed by atoms with E-state index in [1.807, 2.05) is 43.3 Å². The minimum absolute atomic E-state index is 0.0124. The molecule has 6 nitrogen and oxygen atoms in total. The molecule has 4 aromatic rings. The number of nitrogens with zero attached hydrogens (tertiary/aromatic N) is 3. The van der Waals surface area contributed by atoms with E-state index in [9.17, 15) is 15.2 Å². The van der Waals surface area contributed by atoms with Crippen LogP contribution >= 0.6 is 23.6 Å². The highest BCUT2D eigenvalue weighted by atomic mass is 32.1. The summed E-state index contributed by atoms with van der Waals surface area (Å²) in [7, 11) is 0. The molecule has 0 atom stereocenters. The van der Waals surface area contributed by atoms with Crippen molar-refractivity contribution in [1.29, 1.82) is 0 Å². The largest absolute Gasteiger partial charge is 0.493 e. The lowest BCUT2D eigenvalue weighted by Gasteiger charge is -2.08. The summed E-state index contributed by atoms with van der Waals surface area (Å²) in [6.07, 6.45) is 1.92. The Balaban J connectivity index is 1.67. The molecule has 2 heterocycles. The van der Waals surface area contributed by atoms with Gasteiger partial charge in [-0.25, -0.2) is 4.99 Å². The topological polar surface area (TPSA) is 80.7 Å². The number of aliphatic imine (C=N–C) groups is 1. The van der Waals surface area contributed by atoms with Crippen LogP contribution in [-0.4, -0.2) is 20.3 Å². The number of allylic oxidation sites excluding steroid dienone is 1. The van der Waals surface area contributed by atoms with Crippen molar-refractivity contribution in [3.63, 3.8) is 0 Å². The van der Waals surface area contributed by atoms with Crippen LogP contribution in [0.15, 0.2) is 71.7 Å². The number of aromatic nitrogens is 1. The van der Waals surface area contributed by atoms with Gasteiger partial charge in [0, 0.05) is 28.8 Å². The molecule has 0 spiro atoms. The van der Waals surface area contributed by atoms with Gasteiger partial charge >= 0.3 is 0 Å². The van der Waals surface area contributed by atoms with Crippen LogP contribution in [-0.2, 0) is 0 Å². The Bertz CT molecular complexity index is 1560. The number of thiazole rings is 1. The predicted molar refractivity (Wildman–Crippen MR) is 139 cm³/mol. The molecule has 0 radical (unpaired) electrons. The lowest BCUT2D eigenvalue weighted by atomic mass is 9.95. The lowest BCUT2D eigenvalue weighted by molar-refractivity contribution is -0.384. The molecule has 34 heavy (non-hydrogen) atoms. The molecule has 0 fully saturated rings. The Morgan fingerprint density at radius 2 is 1.79 bits per heavy atom. The van der Waals surface area contributed by atoms with E-state index in [0.717, 1.165) is 39.2 Å². The lowest BCUT2D eigenvalue weighted by Crippen LogP contribution is -1.99. The maximum absolute atomic E-state index is 11.1. The molecule has 0 aliphatic carbocycles. The maximum atomic E-state index is 11.1. The van der Waals surface area contributed by atoms with E-state index < -0.39 is 4.92 Å². The first kappa shape index (κ1) is 21.9. The summed E-state index contributed by atoms with van der Waals surface area (Å²) in [6.45, 7) is 4.10. The average Bonchev–Trinajstić information content (AvgIpc) is 3.31. The molecule has 0 saturated carbocycles. The summed E-state index contributed by atoms with van der Waals surface area (Å²) in [5.74, 6) is -0.0124. The number of rotatable bonds is 4. The number of hydrogen-bond acceptors (Lipinski definition) is 6. The van der Waals surface area contributed by atoms with Gasteiger partial charge in [0.15, 0.2) is 3.95 Å². The molecular weight excluding hydrogens is 466 g/mol. The van der Waals surface area contributed by atoms with E-state index >= 15 is 0 Å². The maximum Gasteiger partial charge on any atom is 0.269 e. The van der Waals surface area contributed by atoms with E-state index in [1.165, 1.54) is 28.0 Å². The van der Waals surface area contributed by atoms with Gasteiger partial charge in [-0.15, -0.1) is 11.3 Å².